The maximum Gasteiger partial charge on any atom is 0.306 e. The molecule has 0 amide bonds. The molecule has 1 aromatic rings. The molecule has 92 valence electrons. The predicted molar refractivity (Wildman–Crippen MR) is 66.3 cm³/mol. The second-order valence-corrected chi connectivity index (χ2v) is 5.49. The van der Waals surface area contributed by atoms with Gasteiger partial charge in [0.05, 0.1) is 5.92 Å². The van der Waals surface area contributed by atoms with E-state index in [0.29, 0.717) is 16.5 Å². The summed E-state index contributed by atoms with van der Waals surface area (Å²) in [5.74, 6) is -1.23. The van der Waals surface area contributed by atoms with Gasteiger partial charge in [-0.3, -0.25) is 4.79 Å². The molecule has 0 saturated heterocycles. The molecule has 1 saturated carbocycles. The van der Waals surface area contributed by atoms with Gasteiger partial charge in [0.15, 0.2) is 0 Å². The quantitative estimate of drug-likeness (QED) is 0.925. The Morgan fingerprint density at radius 3 is 2.88 bits per heavy atom. The second-order valence-electron chi connectivity index (χ2n) is 4.58. The largest absolute Gasteiger partial charge is 0.481 e. The third-order valence-corrected chi connectivity index (χ3v) is 3.97. The fraction of sp³-hybridized carbons (Fsp3) is 0.462. The lowest BCUT2D eigenvalue weighted by atomic mass is 9.89. The molecule has 0 aliphatic heterocycles. The van der Waals surface area contributed by atoms with Gasteiger partial charge in [-0.25, -0.2) is 4.39 Å². The van der Waals surface area contributed by atoms with E-state index in [2.05, 4.69) is 15.9 Å². The van der Waals surface area contributed by atoms with E-state index in [-0.39, 0.29) is 17.7 Å². The standard InChI is InChI=1S/C13H14BrFO2/c14-10-5-4-9(12(15)7-10)6-8-2-1-3-11(8)13(16)17/h4-5,7-8,11H,1-3,6H2,(H,16,17). The molecule has 0 radical (unpaired) electrons. The molecule has 1 aliphatic carbocycles. The van der Waals surface area contributed by atoms with Crippen LogP contribution in [0.4, 0.5) is 4.39 Å². The van der Waals surface area contributed by atoms with Crippen molar-refractivity contribution in [2.24, 2.45) is 11.8 Å². The van der Waals surface area contributed by atoms with Crippen LogP contribution in [0.25, 0.3) is 0 Å². The van der Waals surface area contributed by atoms with E-state index in [0.717, 1.165) is 19.3 Å². The van der Waals surface area contributed by atoms with Crippen LogP contribution in [0.3, 0.4) is 0 Å². The number of carboxylic acids is 1. The van der Waals surface area contributed by atoms with Crippen LogP contribution in [0.1, 0.15) is 24.8 Å². The van der Waals surface area contributed by atoms with Gasteiger partial charge >= 0.3 is 5.97 Å². The molecule has 1 aromatic carbocycles. The Kier molecular flexibility index (Phi) is 3.82. The zero-order valence-corrected chi connectivity index (χ0v) is 10.9. The number of aliphatic carboxylic acids is 1. The monoisotopic (exact) mass is 300 g/mol. The normalized spacial score (nSPS) is 23.9. The van der Waals surface area contributed by atoms with Gasteiger partial charge in [0.1, 0.15) is 5.82 Å². The molecule has 1 aliphatic rings. The van der Waals surface area contributed by atoms with Gasteiger partial charge in [-0.15, -0.1) is 0 Å². The Balaban J connectivity index is 2.12. The fourth-order valence-corrected chi connectivity index (χ4v) is 2.91. The van der Waals surface area contributed by atoms with E-state index in [9.17, 15) is 9.18 Å². The maximum atomic E-state index is 13.7. The van der Waals surface area contributed by atoms with Crippen LogP contribution in [-0.2, 0) is 11.2 Å². The van der Waals surface area contributed by atoms with E-state index in [4.69, 9.17) is 5.11 Å². The van der Waals surface area contributed by atoms with Gasteiger partial charge in [0.2, 0.25) is 0 Å². The fourth-order valence-electron chi connectivity index (χ4n) is 2.58. The van der Waals surface area contributed by atoms with E-state index in [1.54, 1.807) is 12.1 Å². The van der Waals surface area contributed by atoms with Gasteiger partial charge in [-0.1, -0.05) is 28.4 Å². The molecule has 2 atom stereocenters. The van der Waals surface area contributed by atoms with Gasteiger partial charge in [-0.2, -0.15) is 0 Å². The number of hydrogen-bond donors (Lipinski definition) is 1. The summed E-state index contributed by atoms with van der Waals surface area (Å²) in [6.07, 6.45) is 3.06. The van der Waals surface area contributed by atoms with E-state index in [1.165, 1.54) is 6.07 Å². The summed E-state index contributed by atoms with van der Waals surface area (Å²) in [6.45, 7) is 0. The Morgan fingerprint density at radius 1 is 1.47 bits per heavy atom. The minimum Gasteiger partial charge on any atom is -0.481 e. The molecule has 1 N–H and O–H groups in total. The SMILES string of the molecule is O=C(O)C1CCCC1Cc1ccc(Br)cc1F. The number of hydrogen-bond acceptors (Lipinski definition) is 1. The molecule has 2 nitrogen and oxygen atoms in total. The molecular weight excluding hydrogens is 287 g/mol. The molecule has 0 spiro atoms. The number of carbonyl (C=O) groups is 1. The third kappa shape index (κ3) is 2.86. The van der Waals surface area contributed by atoms with Crippen molar-refractivity contribution in [3.05, 3.63) is 34.1 Å². The van der Waals surface area contributed by atoms with Crippen molar-refractivity contribution in [3.8, 4) is 0 Å². The molecule has 0 bridgehead atoms. The number of halogens is 2. The van der Waals surface area contributed by atoms with E-state index >= 15 is 0 Å². The van der Waals surface area contributed by atoms with Crippen LogP contribution >= 0.6 is 15.9 Å². The van der Waals surface area contributed by atoms with Crippen molar-refractivity contribution in [1.82, 2.24) is 0 Å². The number of benzene rings is 1. The van der Waals surface area contributed by atoms with Gasteiger partial charge < -0.3 is 5.11 Å². The first-order valence-electron chi connectivity index (χ1n) is 5.74. The molecule has 1 fully saturated rings. The zero-order chi connectivity index (χ0) is 12.4. The van der Waals surface area contributed by atoms with Crippen molar-refractivity contribution in [3.63, 3.8) is 0 Å². The number of carboxylic acid groups (broad SMARTS) is 1. The van der Waals surface area contributed by atoms with Crippen LogP contribution in [-0.4, -0.2) is 11.1 Å². The highest BCUT2D eigenvalue weighted by molar-refractivity contribution is 9.10. The Hall–Kier alpha value is -0.900. The molecule has 0 heterocycles. The summed E-state index contributed by atoms with van der Waals surface area (Å²) in [5.41, 5.74) is 0.617. The van der Waals surface area contributed by atoms with Gasteiger partial charge in [0.25, 0.3) is 0 Å². The second kappa shape index (κ2) is 5.17. The van der Waals surface area contributed by atoms with E-state index < -0.39 is 5.97 Å². The highest BCUT2D eigenvalue weighted by Gasteiger charge is 2.33. The molecule has 4 heteroatoms. The van der Waals surface area contributed by atoms with Crippen LogP contribution in [0.5, 0.6) is 0 Å². The third-order valence-electron chi connectivity index (χ3n) is 3.47. The van der Waals surface area contributed by atoms with Crippen molar-refractivity contribution in [2.45, 2.75) is 25.7 Å². The smallest absolute Gasteiger partial charge is 0.306 e. The Morgan fingerprint density at radius 2 is 2.24 bits per heavy atom. The summed E-state index contributed by atoms with van der Waals surface area (Å²) < 4.78 is 14.4. The Labute approximate surface area is 108 Å². The molecular formula is C13H14BrFO2. The van der Waals surface area contributed by atoms with Crippen LogP contribution in [0.2, 0.25) is 0 Å². The van der Waals surface area contributed by atoms with Gasteiger partial charge in [-0.05, 0) is 42.9 Å². The molecule has 2 unspecified atom stereocenters. The maximum absolute atomic E-state index is 13.7. The summed E-state index contributed by atoms with van der Waals surface area (Å²) in [5, 5.41) is 9.07. The average Bonchev–Trinajstić information content (AvgIpc) is 2.70. The lowest BCUT2D eigenvalue weighted by Gasteiger charge is -2.16. The zero-order valence-electron chi connectivity index (χ0n) is 9.33. The van der Waals surface area contributed by atoms with Crippen molar-refractivity contribution >= 4 is 21.9 Å². The van der Waals surface area contributed by atoms with Crippen molar-refractivity contribution in [2.75, 3.05) is 0 Å². The van der Waals surface area contributed by atoms with Crippen LogP contribution in [0, 0.1) is 17.7 Å². The van der Waals surface area contributed by atoms with Crippen LogP contribution < -0.4 is 0 Å². The van der Waals surface area contributed by atoms with Crippen molar-refractivity contribution in [1.29, 1.82) is 0 Å². The lowest BCUT2D eigenvalue weighted by molar-refractivity contribution is -0.142. The minimum absolute atomic E-state index is 0.0724. The lowest BCUT2D eigenvalue weighted by Crippen LogP contribution is -2.20. The minimum atomic E-state index is -0.745. The summed E-state index contributed by atoms with van der Waals surface area (Å²) in [4.78, 5) is 11.0. The first-order chi connectivity index (χ1) is 8.08. The van der Waals surface area contributed by atoms with E-state index in [1.807, 2.05) is 0 Å². The van der Waals surface area contributed by atoms with Gasteiger partial charge in [0, 0.05) is 4.47 Å². The molecule has 2 rings (SSSR count). The number of rotatable bonds is 3. The highest BCUT2D eigenvalue weighted by atomic mass is 79.9. The summed E-state index contributed by atoms with van der Waals surface area (Å²) in [7, 11) is 0. The summed E-state index contributed by atoms with van der Waals surface area (Å²) in [6, 6.07) is 4.96. The average molecular weight is 301 g/mol. The molecule has 17 heavy (non-hydrogen) atoms. The molecule has 0 aromatic heterocycles. The first-order valence-corrected chi connectivity index (χ1v) is 6.54. The van der Waals surface area contributed by atoms with Crippen LogP contribution in [0.15, 0.2) is 22.7 Å². The van der Waals surface area contributed by atoms with Crippen molar-refractivity contribution < 1.29 is 14.3 Å². The predicted octanol–water partition coefficient (Wildman–Crippen LogP) is 3.63. The first kappa shape index (κ1) is 12.6. The summed E-state index contributed by atoms with van der Waals surface area (Å²) >= 11 is 3.21. The topological polar surface area (TPSA) is 37.3 Å². The highest BCUT2D eigenvalue weighted by Crippen LogP contribution is 2.35. The Bertz CT molecular complexity index is 433.